The Hall–Kier alpha value is -1.32. The van der Waals surface area contributed by atoms with Gasteiger partial charge in [0.15, 0.2) is 0 Å². The molecule has 0 saturated heterocycles. The lowest BCUT2D eigenvalue weighted by molar-refractivity contribution is 0.582. The molecule has 3 nitrogen and oxygen atoms in total. The number of hydrogen-bond donors (Lipinski definition) is 1. The van der Waals surface area contributed by atoms with Gasteiger partial charge < -0.3 is 5.32 Å². The lowest BCUT2D eigenvalue weighted by atomic mass is 10.0. The molecule has 1 atom stereocenters. The SMILES string of the molecule is CCCn1cc(C(Cc2cccc(Cl)c2)NC)cn1. The summed E-state index contributed by atoms with van der Waals surface area (Å²) in [4.78, 5) is 0. The fourth-order valence-electron chi connectivity index (χ4n) is 2.20. The Kier molecular flexibility index (Phi) is 5.00. The fraction of sp³-hybridized carbons (Fsp3) is 0.400. The maximum Gasteiger partial charge on any atom is 0.0537 e. The van der Waals surface area contributed by atoms with Crippen LogP contribution in [0.3, 0.4) is 0 Å². The van der Waals surface area contributed by atoms with E-state index in [1.54, 1.807) is 0 Å². The van der Waals surface area contributed by atoms with E-state index in [1.807, 2.05) is 36.1 Å². The Bertz CT molecular complexity index is 522. The van der Waals surface area contributed by atoms with Crippen molar-refractivity contribution in [2.45, 2.75) is 32.4 Å². The van der Waals surface area contributed by atoms with E-state index in [-0.39, 0.29) is 6.04 Å². The molecule has 19 heavy (non-hydrogen) atoms. The number of nitrogens with one attached hydrogen (secondary N) is 1. The Balaban J connectivity index is 2.10. The average molecular weight is 278 g/mol. The van der Waals surface area contributed by atoms with Gasteiger partial charge in [0.25, 0.3) is 0 Å². The van der Waals surface area contributed by atoms with Crippen LogP contribution in [0, 0.1) is 0 Å². The minimum Gasteiger partial charge on any atom is -0.313 e. The van der Waals surface area contributed by atoms with Gasteiger partial charge in [0.2, 0.25) is 0 Å². The molecule has 4 heteroatoms. The van der Waals surface area contributed by atoms with Crippen molar-refractivity contribution in [2.24, 2.45) is 0 Å². The predicted octanol–water partition coefficient (Wildman–Crippen LogP) is 3.45. The molecule has 102 valence electrons. The van der Waals surface area contributed by atoms with Crippen molar-refractivity contribution >= 4 is 11.6 Å². The number of aryl methyl sites for hydroxylation is 1. The zero-order valence-electron chi connectivity index (χ0n) is 11.4. The maximum absolute atomic E-state index is 6.03. The molecule has 2 rings (SSSR count). The average Bonchev–Trinajstić information content (AvgIpc) is 2.85. The summed E-state index contributed by atoms with van der Waals surface area (Å²) in [5, 5.41) is 8.52. The van der Waals surface area contributed by atoms with Crippen LogP contribution in [0.2, 0.25) is 5.02 Å². The molecule has 0 spiro atoms. The summed E-state index contributed by atoms with van der Waals surface area (Å²) in [6.07, 6.45) is 6.07. The van der Waals surface area contributed by atoms with Gasteiger partial charge in [-0.3, -0.25) is 4.68 Å². The quantitative estimate of drug-likeness (QED) is 0.876. The molecule has 1 aromatic heterocycles. The van der Waals surface area contributed by atoms with Crippen molar-refractivity contribution < 1.29 is 0 Å². The highest BCUT2D eigenvalue weighted by atomic mass is 35.5. The van der Waals surface area contributed by atoms with Crippen LogP contribution in [-0.2, 0) is 13.0 Å². The molecule has 0 saturated carbocycles. The van der Waals surface area contributed by atoms with Gasteiger partial charge in [0.05, 0.1) is 6.20 Å². The number of hydrogen-bond acceptors (Lipinski definition) is 2. The summed E-state index contributed by atoms with van der Waals surface area (Å²) < 4.78 is 2.00. The van der Waals surface area contributed by atoms with E-state index in [9.17, 15) is 0 Å². The van der Waals surface area contributed by atoms with Crippen molar-refractivity contribution in [1.82, 2.24) is 15.1 Å². The van der Waals surface area contributed by atoms with Crippen LogP contribution in [0.4, 0.5) is 0 Å². The second-order valence-corrected chi connectivity index (χ2v) is 5.15. The number of halogens is 1. The van der Waals surface area contributed by atoms with Crippen molar-refractivity contribution in [3.8, 4) is 0 Å². The summed E-state index contributed by atoms with van der Waals surface area (Å²) in [5.74, 6) is 0. The van der Waals surface area contributed by atoms with Gasteiger partial charge in [-0.05, 0) is 37.6 Å². The summed E-state index contributed by atoms with van der Waals surface area (Å²) in [6, 6.07) is 8.28. The minimum absolute atomic E-state index is 0.268. The Labute approximate surface area is 119 Å². The largest absolute Gasteiger partial charge is 0.313 e. The third kappa shape index (κ3) is 3.82. The molecule has 1 aromatic carbocycles. The lowest BCUT2D eigenvalue weighted by Gasteiger charge is -2.14. The first-order valence-electron chi connectivity index (χ1n) is 6.67. The van der Waals surface area contributed by atoms with Gasteiger partial charge >= 0.3 is 0 Å². The number of benzene rings is 1. The zero-order valence-corrected chi connectivity index (χ0v) is 12.2. The number of nitrogens with zero attached hydrogens (tertiary/aromatic N) is 2. The van der Waals surface area contributed by atoms with Gasteiger partial charge in [-0.1, -0.05) is 30.7 Å². The van der Waals surface area contributed by atoms with Crippen LogP contribution in [-0.4, -0.2) is 16.8 Å². The van der Waals surface area contributed by atoms with Gasteiger partial charge in [-0.2, -0.15) is 5.10 Å². The summed E-state index contributed by atoms with van der Waals surface area (Å²) >= 11 is 6.03. The topological polar surface area (TPSA) is 29.9 Å². The molecule has 0 bridgehead atoms. The molecule has 0 aliphatic heterocycles. The molecule has 2 aromatic rings. The minimum atomic E-state index is 0.268. The summed E-state index contributed by atoms with van der Waals surface area (Å²) in [6.45, 7) is 3.12. The smallest absolute Gasteiger partial charge is 0.0537 e. The van der Waals surface area contributed by atoms with E-state index in [0.717, 1.165) is 24.4 Å². The molecule has 0 aliphatic carbocycles. The standard InChI is InChI=1S/C15H20ClN3/c1-3-7-19-11-13(10-18-19)15(17-2)9-12-5-4-6-14(16)8-12/h4-6,8,10-11,15,17H,3,7,9H2,1-2H3. The second-order valence-electron chi connectivity index (χ2n) is 4.71. The molecule has 0 amide bonds. The van der Waals surface area contributed by atoms with Crippen LogP contribution in [0.15, 0.2) is 36.7 Å². The first-order valence-corrected chi connectivity index (χ1v) is 7.04. The normalized spacial score (nSPS) is 12.6. The van der Waals surface area contributed by atoms with Gasteiger partial charge in [0, 0.05) is 29.4 Å². The van der Waals surface area contributed by atoms with Crippen molar-refractivity contribution in [3.05, 3.63) is 52.8 Å². The second kappa shape index (κ2) is 6.73. The Morgan fingerprint density at radius 1 is 1.42 bits per heavy atom. The third-order valence-corrected chi connectivity index (χ3v) is 3.42. The van der Waals surface area contributed by atoms with Crippen LogP contribution in [0.1, 0.15) is 30.5 Å². The van der Waals surface area contributed by atoms with Crippen LogP contribution < -0.4 is 5.32 Å². The first kappa shape index (κ1) is 14.1. The highest BCUT2D eigenvalue weighted by Crippen LogP contribution is 2.20. The van der Waals surface area contributed by atoms with Gasteiger partial charge in [0.1, 0.15) is 0 Å². The highest BCUT2D eigenvalue weighted by Gasteiger charge is 2.12. The van der Waals surface area contributed by atoms with Crippen LogP contribution in [0.5, 0.6) is 0 Å². The number of likely N-dealkylation sites (N-methyl/N-ethyl adjacent to an activating group) is 1. The van der Waals surface area contributed by atoms with E-state index in [2.05, 4.69) is 29.6 Å². The van der Waals surface area contributed by atoms with Gasteiger partial charge in [-0.25, -0.2) is 0 Å². The number of rotatable bonds is 6. The Morgan fingerprint density at radius 3 is 2.95 bits per heavy atom. The molecular weight excluding hydrogens is 258 g/mol. The third-order valence-electron chi connectivity index (χ3n) is 3.19. The Morgan fingerprint density at radius 2 is 2.26 bits per heavy atom. The molecule has 1 heterocycles. The van der Waals surface area contributed by atoms with Gasteiger partial charge in [-0.15, -0.1) is 0 Å². The van der Waals surface area contributed by atoms with Crippen molar-refractivity contribution in [1.29, 1.82) is 0 Å². The summed E-state index contributed by atoms with van der Waals surface area (Å²) in [7, 11) is 1.98. The lowest BCUT2D eigenvalue weighted by Crippen LogP contribution is -2.18. The highest BCUT2D eigenvalue weighted by molar-refractivity contribution is 6.30. The summed E-state index contributed by atoms with van der Waals surface area (Å²) in [5.41, 5.74) is 2.45. The van der Waals surface area contributed by atoms with E-state index < -0.39 is 0 Å². The molecule has 0 aliphatic rings. The van der Waals surface area contributed by atoms with Crippen molar-refractivity contribution in [2.75, 3.05) is 7.05 Å². The van der Waals surface area contributed by atoms with E-state index in [4.69, 9.17) is 11.6 Å². The van der Waals surface area contributed by atoms with E-state index in [1.165, 1.54) is 11.1 Å². The molecular formula is C15H20ClN3. The predicted molar refractivity (Wildman–Crippen MR) is 79.5 cm³/mol. The molecule has 0 fully saturated rings. The van der Waals surface area contributed by atoms with Crippen molar-refractivity contribution in [3.63, 3.8) is 0 Å². The molecule has 1 N–H and O–H groups in total. The monoisotopic (exact) mass is 277 g/mol. The molecule has 1 unspecified atom stereocenters. The van der Waals surface area contributed by atoms with E-state index in [0.29, 0.717) is 0 Å². The maximum atomic E-state index is 6.03. The van der Waals surface area contributed by atoms with E-state index >= 15 is 0 Å². The molecule has 0 radical (unpaired) electrons. The zero-order chi connectivity index (χ0) is 13.7. The fourth-order valence-corrected chi connectivity index (χ4v) is 2.41. The van der Waals surface area contributed by atoms with Crippen LogP contribution in [0.25, 0.3) is 0 Å². The first-order chi connectivity index (χ1) is 9.22. The van der Waals surface area contributed by atoms with Crippen LogP contribution >= 0.6 is 11.6 Å². The number of aromatic nitrogens is 2.